The molecule has 2 rings (SSSR count). The van der Waals surface area contributed by atoms with Crippen LogP contribution in [0.5, 0.6) is 0 Å². The van der Waals surface area contributed by atoms with E-state index in [4.69, 9.17) is 4.74 Å². The number of carbonyl (C=O) groups excluding carboxylic acids is 1. The van der Waals surface area contributed by atoms with Crippen LogP contribution in [0, 0.1) is 0 Å². The number of nitrogens with zero attached hydrogens (tertiary/aromatic N) is 1. The van der Waals surface area contributed by atoms with E-state index in [1.807, 2.05) is 0 Å². The number of hydrogen-bond acceptors (Lipinski definition) is 3. The Balaban J connectivity index is 2.25. The monoisotopic (exact) mass is 550 g/mol. The first kappa shape index (κ1) is 21.7. The van der Waals surface area contributed by atoms with Gasteiger partial charge in [0.15, 0.2) is 0 Å². The summed E-state index contributed by atoms with van der Waals surface area (Å²) in [7, 11) is 0. The van der Waals surface area contributed by atoms with Gasteiger partial charge in [-0.3, -0.25) is 0 Å². The van der Waals surface area contributed by atoms with Crippen LogP contribution in [0.1, 0.15) is 37.8 Å². The molecule has 1 N–H and O–H groups in total. The zero-order valence-corrected chi connectivity index (χ0v) is 18.4. The maximum atomic E-state index is 12.9. The first-order valence-corrected chi connectivity index (χ1v) is 11.5. The molecule has 1 unspecified atom stereocenters. The van der Waals surface area contributed by atoms with Gasteiger partial charge in [-0.05, 0) is 0 Å². The van der Waals surface area contributed by atoms with Gasteiger partial charge < -0.3 is 0 Å². The van der Waals surface area contributed by atoms with Crippen LogP contribution in [0.3, 0.4) is 0 Å². The number of benzene rings is 1. The summed E-state index contributed by atoms with van der Waals surface area (Å²) in [6, 6.07) is 3.59. The van der Waals surface area contributed by atoms with E-state index >= 15 is 0 Å². The molecule has 9 heteroatoms. The minimum absolute atomic E-state index is 0.0550. The van der Waals surface area contributed by atoms with Crippen LogP contribution < -0.4 is 21.2 Å². The van der Waals surface area contributed by atoms with Crippen molar-refractivity contribution in [3.8, 4) is 0 Å². The maximum absolute atomic E-state index is 12.9. The molecule has 148 valence electrons. The standard InChI is InChI=1S/C17H21BrF3INO3/c1-16(2,3)26-15(25)23-7-12(14(8-23)22-9-24)11-5-4-10(6-13(11)18)17(19,20)21/h4-6,12,14,24H,7-9H2,1-3H3/q-1/t12-,14?/m1/s1. The Morgan fingerprint density at radius 2 is 2.00 bits per heavy atom. The topological polar surface area (TPSA) is 49.8 Å². The second-order valence-corrected chi connectivity index (χ2v) is 11.0. The fourth-order valence-electron chi connectivity index (χ4n) is 2.78. The summed E-state index contributed by atoms with van der Waals surface area (Å²) in [6.45, 7) is 6.15. The summed E-state index contributed by atoms with van der Waals surface area (Å²) in [5, 5.41) is 9.38. The number of carbonyl (C=O) groups is 1. The van der Waals surface area contributed by atoms with Gasteiger partial charge in [-0.2, -0.15) is 0 Å². The Kier molecular flexibility index (Phi) is 6.87. The quantitative estimate of drug-likeness (QED) is 0.455. The van der Waals surface area contributed by atoms with Crippen LogP contribution in [0.25, 0.3) is 0 Å². The van der Waals surface area contributed by atoms with E-state index < -0.39 is 44.6 Å². The van der Waals surface area contributed by atoms with Crippen molar-refractivity contribution in [1.82, 2.24) is 4.90 Å². The number of aliphatic hydroxyl groups is 1. The zero-order valence-electron chi connectivity index (χ0n) is 14.6. The SMILES string of the molecule is CC(C)(C)OC(=O)N1CC([I-]CO)[C@@H](c2ccc(C(F)(F)F)cc2Br)C1. The van der Waals surface area contributed by atoms with E-state index in [0.717, 1.165) is 17.7 Å². The van der Waals surface area contributed by atoms with Crippen molar-refractivity contribution < 1.29 is 49.0 Å². The van der Waals surface area contributed by atoms with Crippen molar-refractivity contribution in [2.24, 2.45) is 0 Å². The van der Waals surface area contributed by atoms with E-state index in [2.05, 4.69) is 15.9 Å². The number of halogens is 5. The molecular formula is C17H21BrF3INO3-. The van der Waals surface area contributed by atoms with Gasteiger partial charge in [0.05, 0.1) is 0 Å². The Morgan fingerprint density at radius 3 is 2.50 bits per heavy atom. The van der Waals surface area contributed by atoms with Gasteiger partial charge in [0.2, 0.25) is 0 Å². The Hall–Kier alpha value is -0.550. The Bertz CT molecular complexity index is 664. The van der Waals surface area contributed by atoms with Crippen LogP contribution >= 0.6 is 15.9 Å². The van der Waals surface area contributed by atoms with Gasteiger partial charge in [-0.15, -0.1) is 0 Å². The first-order chi connectivity index (χ1) is 11.9. The van der Waals surface area contributed by atoms with Crippen molar-refractivity contribution in [3.05, 3.63) is 33.8 Å². The number of rotatable bonds is 3. The van der Waals surface area contributed by atoms with Crippen LogP contribution in [-0.2, 0) is 10.9 Å². The molecule has 1 aliphatic heterocycles. The number of ether oxygens (including phenoxy) is 1. The van der Waals surface area contributed by atoms with Crippen molar-refractivity contribution in [2.45, 2.75) is 42.4 Å². The normalized spacial score (nSPS) is 21.3. The van der Waals surface area contributed by atoms with Gasteiger partial charge in [0.1, 0.15) is 0 Å². The third-order valence-electron chi connectivity index (χ3n) is 3.89. The van der Waals surface area contributed by atoms with Gasteiger partial charge in [0, 0.05) is 0 Å². The molecule has 26 heavy (non-hydrogen) atoms. The average Bonchev–Trinajstić information content (AvgIpc) is 2.89. The number of aliphatic hydroxyl groups excluding tert-OH is 1. The molecule has 1 saturated heterocycles. The molecule has 1 aromatic carbocycles. The average molecular weight is 551 g/mol. The molecule has 2 atom stereocenters. The molecule has 4 nitrogen and oxygen atoms in total. The predicted octanol–water partition coefficient (Wildman–Crippen LogP) is 1.21. The van der Waals surface area contributed by atoms with Crippen molar-refractivity contribution in [1.29, 1.82) is 0 Å². The molecular weight excluding hydrogens is 530 g/mol. The summed E-state index contributed by atoms with van der Waals surface area (Å²) >= 11 is 2.64. The van der Waals surface area contributed by atoms with Gasteiger partial charge >= 0.3 is 170 Å². The Morgan fingerprint density at radius 1 is 1.35 bits per heavy atom. The minimum atomic E-state index is -4.41. The van der Waals surface area contributed by atoms with Crippen molar-refractivity contribution in [3.63, 3.8) is 0 Å². The van der Waals surface area contributed by atoms with E-state index in [-0.39, 0.29) is 14.5 Å². The Labute approximate surface area is 169 Å². The first-order valence-electron chi connectivity index (χ1n) is 7.95. The molecule has 1 aromatic rings. The second-order valence-electron chi connectivity index (χ2n) is 7.02. The summed E-state index contributed by atoms with van der Waals surface area (Å²) in [6.07, 6.45) is -4.84. The number of likely N-dealkylation sites (tertiary alicyclic amines) is 1. The summed E-state index contributed by atoms with van der Waals surface area (Å²) in [5.41, 5.74) is -0.614. The molecule has 0 aromatic heterocycles. The van der Waals surface area contributed by atoms with E-state index in [9.17, 15) is 23.1 Å². The predicted molar refractivity (Wildman–Crippen MR) is 90.6 cm³/mol. The fourth-order valence-corrected chi connectivity index (χ4v) is 5.94. The molecule has 1 fully saturated rings. The second kappa shape index (κ2) is 8.22. The third kappa shape index (κ3) is 5.48. The molecule has 0 spiro atoms. The molecule has 0 radical (unpaired) electrons. The number of amides is 1. The summed E-state index contributed by atoms with van der Waals surface area (Å²) in [4.78, 5) is 13.9. The summed E-state index contributed by atoms with van der Waals surface area (Å²) in [5.74, 6) is -0.126. The van der Waals surface area contributed by atoms with Crippen LogP contribution in [0.4, 0.5) is 18.0 Å². The molecule has 0 saturated carbocycles. The number of hydrogen-bond donors (Lipinski definition) is 1. The number of alkyl halides is 5. The van der Waals surface area contributed by atoms with E-state index in [1.54, 1.807) is 25.7 Å². The van der Waals surface area contributed by atoms with E-state index in [1.165, 1.54) is 6.07 Å². The fraction of sp³-hybridized carbons (Fsp3) is 0.588. The van der Waals surface area contributed by atoms with Gasteiger partial charge in [0.25, 0.3) is 0 Å². The van der Waals surface area contributed by atoms with Crippen LogP contribution in [-0.4, -0.2) is 43.3 Å². The molecule has 0 bridgehead atoms. The van der Waals surface area contributed by atoms with Crippen LogP contribution in [0.2, 0.25) is 0 Å². The van der Waals surface area contributed by atoms with Crippen molar-refractivity contribution >= 4 is 22.0 Å². The zero-order chi connectivity index (χ0) is 19.7. The summed E-state index contributed by atoms with van der Waals surface area (Å²) < 4.78 is 44.5. The molecule has 1 aliphatic rings. The van der Waals surface area contributed by atoms with Crippen molar-refractivity contribution in [2.75, 3.05) is 17.7 Å². The molecule has 1 amide bonds. The molecule has 0 aliphatic carbocycles. The van der Waals surface area contributed by atoms with Gasteiger partial charge in [-0.1, -0.05) is 0 Å². The van der Waals surface area contributed by atoms with E-state index in [0.29, 0.717) is 17.6 Å². The van der Waals surface area contributed by atoms with Gasteiger partial charge in [-0.25, -0.2) is 0 Å². The molecule has 1 heterocycles. The van der Waals surface area contributed by atoms with Crippen LogP contribution in [0.15, 0.2) is 22.7 Å². The third-order valence-corrected chi connectivity index (χ3v) is 7.37.